The van der Waals surface area contributed by atoms with Crippen LogP contribution in [-0.4, -0.2) is 42.3 Å². The Balaban J connectivity index is 1.84. The molecule has 0 amide bonds. The Morgan fingerprint density at radius 1 is 1.33 bits per heavy atom. The molecule has 0 aliphatic carbocycles. The highest BCUT2D eigenvalue weighted by Crippen LogP contribution is 2.36. The zero-order chi connectivity index (χ0) is 19.8. The summed E-state index contributed by atoms with van der Waals surface area (Å²) in [7, 11) is -4.91. The number of nitro groups is 1. The number of rotatable bonds is 5. The van der Waals surface area contributed by atoms with Crippen LogP contribution in [0, 0.1) is 17.0 Å². The number of alkyl halides is 2. The van der Waals surface area contributed by atoms with Crippen LogP contribution >= 0.6 is 0 Å². The van der Waals surface area contributed by atoms with Gasteiger partial charge in [-0.2, -0.15) is 13.8 Å². The zero-order valence-corrected chi connectivity index (χ0v) is 15.0. The zero-order valence-electron chi connectivity index (χ0n) is 14.2. The topological polar surface area (TPSA) is 119 Å². The Hall–Kier alpha value is -2.63. The average molecular weight is 402 g/mol. The van der Waals surface area contributed by atoms with Gasteiger partial charge in [0.2, 0.25) is 15.7 Å². The van der Waals surface area contributed by atoms with Crippen LogP contribution in [0.15, 0.2) is 27.6 Å². The van der Waals surface area contributed by atoms with Gasteiger partial charge in [0.05, 0.1) is 9.82 Å². The Labute approximate surface area is 153 Å². The third-order valence-corrected chi connectivity index (χ3v) is 5.81. The van der Waals surface area contributed by atoms with Gasteiger partial charge in [-0.15, -0.1) is 0 Å². The largest absolute Gasteiger partial charge is 0.366 e. The standard InChI is InChI=1S/C15H16F2N4O5S/c1-9-18-14(26-19-9)10-4-6-20(7-5-10)12-3-2-11(8-13(12)21(22)23)27(24,25)15(16)17/h2-3,8,10,15H,4-7H2,1H3. The highest BCUT2D eigenvalue weighted by Gasteiger charge is 2.32. The van der Waals surface area contributed by atoms with E-state index in [4.69, 9.17) is 4.52 Å². The lowest BCUT2D eigenvalue weighted by Crippen LogP contribution is -2.33. The summed E-state index contributed by atoms with van der Waals surface area (Å²) in [5.41, 5.74) is -0.336. The van der Waals surface area contributed by atoms with Crippen LogP contribution in [-0.2, 0) is 9.84 Å². The van der Waals surface area contributed by atoms with E-state index in [1.807, 2.05) is 0 Å². The molecule has 2 heterocycles. The molecule has 0 spiro atoms. The fourth-order valence-corrected chi connectivity index (χ4v) is 3.78. The first kappa shape index (κ1) is 19.1. The SMILES string of the molecule is Cc1noc(C2CCN(c3ccc(S(=O)(=O)C(F)F)cc3[N+](=O)[O-])CC2)n1. The van der Waals surface area contributed by atoms with E-state index in [0.29, 0.717) is 43.7 Å². The van der Waals surface area contributed by atoms with Gasteiger partial charge < -0.3 is 9.42 Å². The molecule has 0 atom stereocenters. The lowest BCUT2D eigenvalue weighted by Gasteiger charge is -2.31. The molecule has 0 saturated carbocycles. The number of anilines is 1. The second-order valence-corrected chi connectivity index (χ2v) is 8.07. The van der Waals surface area contributed by atoms with Crippen molar-refractivity contribution in [2.75, 3.05) is 18.0 Å². The third-order valence-electron chi connectivity index (χ3n) is 4.43. The smallest absolute Gasteiger partial charge is 0.341 e. The van der Waals surface area contributed by atoms with Gasteiger partial charge in [-0.05, 0) is 31.9 Å². The number of aromatic nitrogens is 2. The van der Waals surface area contributed by atoms with Crippen molar-refractivity contribution in [3.8, 4) is 0 Å². The fraction of sp³-hybridized carbons (Fsp3) is 0.467. The lowest BCUT2D eigenvalue weighted by atomic mass is 9.96. The molecule has 1 aromatic heterocycles. The van der Waals surface area contributed by atoms with E-state index in [2.05, 4.69) is 10.1 Å². The molecule has 1 aliphatic heterocycles. The van der Waals surface area contributed by atoms with Crippen molar-refractivity contribution in [1.29, 1.82) is 0 Å². The number of nitrogens with zero attached hydrogens (tertiary/aromatic N) is 4. The van der Waals surface area contributed by atoms with E-state index < -0.39 is 31.1 Å². The van der Waals surface area contributed by atoms with Gasteiger partial charge in [0.25, 0.3) is 5.69 Å². The maximum Gasteiger partial charge on any atom is 0.341 e. The summed E-state index contributed by atoms with van der Waals surface area (Å²) in [6, 6.07) is 2.85. The molecule has 27 heavy (non-hydrogen) atoms. The molecule has 1 fully saturated rings. The monoisotopic (exact) mass is 402 g/mol. The van der Waals surface area contributed by atoms with Crippen LogP contribution in [0.25, 0.3) is 0 Å². The van der Waals surface area contributed by atoms with Crippen molar-refractivity contribution in [2.24, 2.45) is 0 Å². The Kier molecular flexibility index (Phi) is 5.09. The van der Waals surface area contributed by atoms with E-state index in [1.54, 1.807) is 11.8 Å². The van der Waals surface area contributed by atoms with Crippen molar-refractivity contribution < 1.29 is 26.6 Å². The van der Waals surface area contributed by atoms with E-state index in [9.17, 15) is 27.3 Å². The molecule has 146 valence electrons. The Morgan fingerprint density at radius 3 is 2.52 bits per heavy atom. The van der Waals surface area contributed by atoms with Crippen molar-refractivity contribution in [3.63, 3.8) is 0 Å². The van der Waals surface area contributed by atoms with Crippen molar-refractivity contribution in [3.05, 3.63) is 40.0 Å². The molecule has 12 heteroatoms. The van der Waals surface area contributed by atoms with Gasteiger partial charge in [-0.25, -0.2) is 8.42 Å². The normalized spacial score (nSPS) is 16.1. The summed E-state index contributed by atoms with van der Waals surface area (Å²) < 4.78 is 53.7. The molecule has 0 radical (unpaired) electrons. The predicted molar refractivity (Wildman–Crippen MR) is 89.5 cm³/mol. The lowest BCUT2D eigenvalue weighted by molar-refractivity contribution is -0.384. The molecule has 0 N–H and O–H groups in total. The number of aryl methyl sites for hydroxylation is 1. The van der Waals surface area contributed by atoms with Gasteiger partial charge in [0, 0.05) is 25.1 Å². The number of piperidine rings is 1. The fourth-order valence-electron chi connectivity index (χ4n) is 3.04. The van der Waals surface area contributed by atoms with Crippen LogP contribution in [0.4, 0.5) is 20.2 Å². The van der Waals surface area contributed by atoms with Gasteiger partial charge >= 0.3 is 5.76 Å². The Bertz CT molecular complexity index is 955. The summed E-state index contributed by atoms with van der Waals surface area (Å²) in [5.74, 6) is -2.57. The molecule has 9 nitrogen and oxygen atoms in total. The summed E-state index contributed by atoms with van der Waals surface area (Å²) in [6.45, 7) is 2.59. The number of sulfone groups is 1. The minimum absolute atomic E-state index is 0.0278. The van der Waals surface area contributed by atoms with E-state index in [-0.39, 0.29) is 11.6 Å². The van der Waals surface area contributed by atoms with Crippen LogP contribution in [0.1, 0.15) is 30.5 Å². The number of hydrogen-bond donors (Lipinski definition) is 0. The molecular formula is C15H16F2N4O5S. The first-order valence-electron chi connectivity index (χ1n) is 8.06. The van der Waals surface area contributed by atoms with Gasteiger partial charge in [-0.1, -0.05) is 5.16 Å². The molecule has 0 unspecified atom stereocenters. The van der Waals surface area contributed by atoms with Crippen LogP contribution in [0.3, 0.4) is 0 Å². The summed E-state index contributed by atoms with van der Waals surface area (Å²) in [5, 5.41) is 15.1. The van der Waals surface area contributed by atoms with Crippen LogP contribution in [0.5, 0.6) is 0 Å². The Morgan fingerprint density at radius 2 is 2.00 bits per heavy atom. The first-order chi connectivity index (χ1) is 12.7. The maximum absolute atomic E-state index is 12.7. The summed E-state index contributed by atoms with van der Waals surface area (Å²) >= 11 is 0. The van der Waals surface area contributed by atoms with Gasteiger partial charge in [-0.3, -0.25) is 10.1 Å². The molecule has 0 bridgehead atoms. The highest BCUT2D eigenvalue weighted by molar-refractivity contribution is 7.91. The molecule has 1 aliphatic rings. The van der Waals surface area contributed by atoms with E-state index in [1.165, 1.54) is 6.07 Å². The molecule has 1 aromatic carbocycles. The minimum atomic E-state index is -4.91. The average Bonchev–Trinajstić information content (AvgIpc) is 3.07. The van der Waals surface area contributed by atoms with E-state index >= 15 is 0 Å². The van der Waals surface area contributed by atoms with Gasteiger partial charge in [0.1, 0.15) is 5.69 Å². The number of nitro benzene ring substituents is 1. The summed E-state index contributed by atoms with van der Waals surface area (Å²) in [6.07, 6.45) is 1.21. The molecular weight excluding hydrogens is 386 g/mol. The summed E-state index contributed by atoms with van der Waals surface area (Å²) in [4.78, 5) is 15.7. The van der Waals surface area contributed by atoms with Crippen molar-refractivity contribution in [1.82, 2.24) is 10.1 Å². The quantitative estimate of drug-likeness (QED) is 0.553. The highest BCUT2D eigenvalue weighted by atomic mass is 32.2. The molecule has 3 rings (SSSR count). The van der Waals surface area contributed by atoms with E-state index in [0.717, 1.165) is 6.07 Å². The molecule has 1 saturated heterocycles. The number of benzene rings is 1. The predicted octanol–water partition coefficient (Wildman–Crippen LogP) is 2.67. The van der Waals surface area contributed by atoms with Crippen LogP contribution < -0.4 is 4.90 Å². The number of hydrogen-bond acceptors (Lipinski definition) is 8. The second kappa shape index (κ2) is 7.18. The van der Waals surface area contributed by atoms with Crippen molar-refractivity contribution in [2.45, 2.75) is 36.3 Å². The van der Waals surface area contributed by atoms with Crippen molar-refractivity contribution >= 4 is 21.2 Å². The maximum atomic E-state index is 12.7. The third kappa shape index (κ3) is 3.75. The minimum Gasteiger partial charge on any atom is -0.366 e. The van der Waals surface area contributed by atoms with Gasteiger partial charge in [0.15, 0.2) is 5.82 Å². The molecule has 2 aromatic rings. The number of halogens is 2. The second-order valence-electron chi connectivity index (χ2n) is 6.15. The van der Waals surface area contributed by atoms with Crippen LogP contribution in [0.2, 0.25) is 0 Å². The first-order valence-corrected chi connectivity index (χ1v) is 9.60.